The molecule has 0 aromatic rings. The van der Waals surface area contributed by atoms with Crippen LogP contribution in [0.3, 0.4) is 0 Å². The Bertz CT molecular complexity index is 308. The van der Waals surface area contributed by atoms with Crippen molar-refractivity contribution in [2.45, 2.75) is 64.0 Å². The second-order valence-corrected chi connectivity index (χ2v) is 6.34. The van der Waals surface area contributed by atoms with E-state index in [0.29, 0.717) is 0 Å². The molecule has 5 heteroatoms. The molecule has 1 rings (SSSR count). The molecule has 5 nitrogen and oxygen atoms in total. The topological polar surface area (TPSA) is 67.6 Å². The molecule has 0 bridgehead atoms. The Labute approximate surface area is 129 Å². The number of rotatable bonds is 13. The van der Waals surface area contributed by atoms with E-state index in [9.17, 15) is 4.79 Å². The van der Waals surface area contributed by atoms with E-state index in [2.05, 4.69) is 17.1 Å². The van der Waals surface area contributed by atoms with Gasteiger partial charge in [0.15, 0.2) is 0 Å². The molecule has 1 fully saturated rings. The minimum absolute atomic E-state index is 0.241. The van der Waals surface area contributed by atoms with Crippen LogP contribution in [0.15, 0.2) is 0 Å². The fourth-order valence-electron chi connectivity index (χ4n) is 2.62. The number of primary amides is 1. The number of methoxy groups -OCH3 is 1. The lowest BCUT2D eigenvalue weighted by atomic mass is 9.93. The summed E-state index contributed by atoms with van der Waals surface area (Å²) in [5.41, 5.74) is 4.99. The third kappa shape index (κ3) is 6.76. The average molecular weight is 299 g/mol. The molecule has 0 radical (unpaired) electrons. The molecule has 0 aliphatic heterocycles. The van der Waals surface area contributed by atoms with E-state index in [1.54, 1.807) is 7.11 Å². The maximum absolute atomic E-state index is 11.6. The van der Waals surface area contributed by atoms with Crippen LogP contribution in [0.2, 0.25) is 0 Å². The lowest BCUT2D eigenvalue weighted by molar-refractivity contribution is -0.124. The van der Waals surface area contributed by atoms with E-state index < -0.39 is 5.54 Å². The molecule has 0 heterocycles. The Morgan fingerprint density at radius 1 is 1.38 bits per heavy atom. The lowest BCUT2D eigenvalue weighted by Gasteiger charge is -2.28. The Hall–Kier alpha value is -0.650. The van der Waals surface area contributed by atoms with Gasteiger partial charge in [0.25, 0.3) is 0 Å². The average Bonchev–Trinajstić information content (AvgIpc) is 3.28. The van der Waals surface area contributed by atoms with E-state index in [1.807, 2.05) is 6.92 Å². The summed E-state index contributed by atoms with van der Waals surface area (Å²) in [6.07, 6.45) is 6.59. The first-order chi connectivity index (χ1) is 10.0. The van der Waals surface area contributed by atoms with Crippen molar-refractivity contribution < 1.29 is 9.53 Å². The van der Waals surface area contributed by atoms with Crippen LogP contribution in [0.1, 0.15) is 52.4 Å². The van der Waals surface area contributed by atoms with Gasteiger partial charge in [-0.05, 0) is 58.5 Å². The quantitative estimate of drug-likeness (QED) is 0.506. The van der Waals surface area contributed by atoms with Crippen molar-refractivity contribution >= 4 is 5.91 Å². The van der Waals surface area contributed by atoms with Gasteiger partial charge < -0.3 is 15.8 Å². The van der Waals surface area contributed by atoms with Gasteiger partial charge in [-0.1, -0.05) is 6.92 Å². The smallest absolute Gasteiger partial charge is 0.237 e. The first-order valence-corrected chi connectivity index (χ1v) is 8.31. The van der Waals surface area contributed by atoms with E-state index in [1.165, 1.54) is 12.8 Å². The summed E-state index contributed by atoms with van der Waals surface area (Å²) in [5, 5.41) is 3.29. The molecule has 1 aliphatic carbocycles. The molecule has 3 N–H and O–H groups in total. The van der Waals surface area contributed by atoms with Gasteiger partial charge in [0, 0.05) is 19.7 Å². The minimum Gasteiger partial charge on any atom is -0.383 e. The monoisotopic (exact) mass is 299 g/mol. The number of hydrogen-bond donors (Lipinski definition) is 2. The van der Waals surface area contributed by atoms with Crippen molar-refractivity contribution in [3.63, 3.8) is 0 Å². The third-order valence-corrected chi connectivity index (χ3v) is 4.33. The van der Waals surface area contributed by atoms with Gasteiger partial charge in [-0.2, -0.15) is 0 Å². The largest absolute Gasteiger partial charge is 0.383 e. The third-order valence-electron chi connectivity index (χ3n) is 4.33. The molecule has 0 saturated heterocycles. The molecule has 0 spiro atoms. The highest BCUT2D eigenvalue weighted by Crippen LogP contribution is 2.27. The maximum Gasteiger partial charge on any atom is 0.237 e. The van der Waals surface area contributed by atoms with Gasteiger partial charge in [0.2, 0.25) is 5.91 Å². The predicted molar refractivity (Wildman–Crippen MR) is 86.2 cm³/mol. The second kappa shape index (κ2) is 9.38. The molecule has 1 atom stereocenters. The van der Waals surface area contributed by atoms with Crippen molar-refractivity contribution in [1.82, 2.24) is 10.2 Å². The molecule has 0 aromatic heterocycles. The molecule has 124 valence electrons. The number of carbonyl (C=O) groups is 1. The first-order valence-electron chi connectivity index (χ1n) is 8.31. The summed E-state index contributed by atoms with van der Waals surface area (Å²) in [7, 11) is 1.75. The first kappa shape index (κ1) is 18.4. The molecule has 21 heavy (non-hydrogen) atoms. The number of amides is 1. The summed E-state index contributed by atoms with van der Waals surface area (Å²) in [5.74, 6) is -0.241. The van der Waals surface area contributed by atoms with Crippen LogP contribution < -0.4 is 11.1 Å². The van der Waals surface area contributed by atoms with E-state index in [4.69, 9.17) is 10.5 Å². The summed E-state index contributed by atoms with van der Waals surface area (Å²) >= 11 is 0. The Morgan fingerprint density at radius 3 is 2.62 bits per heavy atom. The number of nitrogens with two attached hydrogens (primary N) is 1. The number of unbranched alkanes of at least 4 members (excludes halogenated alkanes) is 1. The van der Waals surface area contributed by atoms with Crippen molar-refractivity contribution in [2.75, 3.05) is 33.4 Å². The highest BCUT2D eigenvalue weighted by Gasteiger charge is 2.30. The van der Waals surface area contributed by atoms with Gasteiger partial charge in [-0.25, -0.2) is 0 Å². The highest BCUT2D eigenvalue weighted by atomic mass is 16.5. The van der Waals surface area contributed by atoms with E-state index >= 15 is 0 Å². The summed E-state index contributed by atoms with van der Waals surface area (Å²) in [6.45, 7) is 7.76. The second-order valence-electron chi connectivity index (χ2n) is 6.34. The molecule has 1 amide bonds. The minimum atomic E-state index is -0.563. The lowest BCUT2D eigenvalue weighted by Crippen LogP contribution is -2.53. The zero-order valence-corrected chi connectivity index (χ0v) is 14.0. The Morgan fingerprint density at radius 2 is 2.10 bits per heavy atom. The summed E-state index contributed by atoms with van der Waals surface area (Å²) < 4.78 is 5.17. The van der Waals surface area contributed by atoms with Crippen LogP contribution in [0, 0.1) is 0 Å². The van der Waals surface area contributed by atoms with Crippen molar-refractivity contribution in [1.29, 1.82) is 0 Å². The van der Waals surface area contributed by atoms with Crippen LogP contribution in [0.5, 0.6) is 0 Å². The van der Waals surface area contributed by atoms with Gasteiger partial charge in [0.05, 0.1) is 12.1 Å². The predicted octanol–water partition coefficient (Wildman–Crippen LogP) is 1.51. The molecule has 0 aromatic carbocycles. The molecular formula is C16H33N3O2. The molecular weight excluding hydrogens is 266 g/mol. The Balaban J connectivity index is 2.27. The van der Waals surface area contributed by atoms with Crippen LogP contribution in [-0.2, 0) is 9.53 Å². The maximum atomic E-state index is 11.6. The SMILES string of the molecule is CCCNC(C)(CCCCN(CCOC)C1CC1)C(N)=O. The van der Waals surface area contributed by atoms with Crippen molar-refractivity contribution in [3.05, 3.63) is 0 Å². The van der Waals surface area contributed by atoms with Crippen LogP contribution in [0.4, 0.5) is 0 Å². The van der Waals surface area contributed by atoms with Crippen LogP contribution in [-0.4, -0.2) is 55.7 Å². The standard InChI is InChI=1S/C16H33N3O2/c1-4-10-18-16(2,15(17)20)9-5-6-11-19(12-13-21-3)14-7-8-14/h14,18H,4-13H2,1-3H3,(H2,17,20). The van der Waals surface area contributed by atoms with Gasteiger partial charge in [-0.3, -0.25) is 9.69 Å². The van der Waals surface area contributed by atoms with Crippen molar-refractivity contribution in [3.8, 4) is 0 Å². The molecule has 1 unspecified atom stereocenters. The number of ether oxygens (including phenoxy) is 1. The molecule has 1 aliphatic rings. The fraction of sp³-hybridized carbons (Fsp3) is 0.938. The van der Waals surface area contributed by atoms with E-state index in [0.717, 1.165) is 58.0 Å². The van der Waals surface area contributed by atoms with Crippen molar-refractivity contribution in [2.24, 2.45) is 5.73 Å². The Kier molecular flexibility index (Phi) is 8.22. The molecule has 1 saturated carbocycles. The zero-order valence-electron chi connectivity index (χ0n) is 14.0. The van der Waals surface area contributed by atoms with Gasteiger partial charge >= 0.3 is 0 Å². The zero-order chi connectivity index (χ0) is 15.7. The number of hydrogen-bond acceptors (Lipinski definition) is 4. The number of nitrogens with zero attached hydrogens (tertiary/aromatic N) is 1. The number of carbonyl (C=O) groups excluding carboxylic acids is 1. The van der Waals surface area contributed by atoms with E-state index in [-0.39, 0.29) is 5.91 Å². The van der Waals surface area contributed by atoms with Crippen LogP contribution in [0.25, 0.3) is 0 Å². The van der Waals surface area contributed by atoms with Crippen LogP contribution >= 0.6 is 0 Å². The number of nitrogens with one attached hydrogen (secondary N) is 1. The summed E-state index contributed by atoms with van der Waals surface area (Å²) in [6, 6.07) is 0.765. The fourth-order valence-corrected chi connectivity index (χ4v) is 2.62. The van der Waals surface area contributed by atoms with Gasteiger partial charge in [-0.15, -0.1) is 0 Å². The van der Waals surface area contributed by atoms with Gasteiger partial charge in [0.1, 0.15) is 0 Å². The summed E-state index contributed by atoms with van der Waals surface area (Å²) in [4.78, 5) is 14.2. The normalized spacial score (nSPS) is 17.9. The highest BCUT2D eigenvalue weighted by molar-refractivity contribution is 5.84.